The molecule has 2 heterocycles. The largest absolute Gasteiger partial charge is 0.368 e. The van der Waals surface area contributed by atoms with E-state index >= 15 is 0 Å². The van der Waals surface area contributed by atoms with Crippen molar-refractivity contribution in [2.45, 2.75) is 26.7 Å². The van der Waals surface area contributed by atoms with E-state index in [0.717, 1.165) is 24.4 Å². The van der Waals surface area contributed by atoms with E-state index in [2.05, 4.69) is 28.0 Å². The van der Waals surface area contributed by atoms with Crippen LogP contribution in [-0.4, -0.2) is 45.3 Å². The van der Waals surface area contributed by atoms with E-state index in [-0.39, 0.29) is 0 Å². The van der Waals surface area contributed by atoms with E-state index in [0.29, 0.717) is 40.3 Å². The average Bonchev–Trinajstić information content (AvgIpc) is 2.97. The van der Waals surface area contributed by atoms with Gasteiger partial charge in [-0.25, -0.2) is 0 Å². The first-order chi connectivity index (χ1) is 14.3. The predicted molar refractivity (Wildman–Crippen MR) is 125 cm³/mol. The molecule has 4 rings (SSSR count). The molecule has 0 aliphatic carbocycles. The van der Waals surface area contributed by atoms with E-state index in [1.165, 1.54) is 5.56 Å². The second-order valence-corrected chi connectivity index (χ2v) is 10.1. The second kappa shape index (κ2) is 8.08. The second-order valence-electron chi connectivity index (χ2n) is 8.07. The van der Waals surface area contributed by atoms with Crippen LogP contribution in [0.15, 0.2) is 58.5 Å². The molecule has 2 aliphatic rings. The number of rotatable bonds is 3. The summed E-state index contributed by atoms with van der Waals surface area (Å²) in [6, 6.07) is 15.6. The van der Waals surface area contributed by atoms with Gasteiger partial charge in [-0.05, 0) is 42.2 Å². The molecule has 30 heavy (non-hydrogen) atoms. The van der Waals surface area contributed by atoms with Gasteiger partial charge < -0.3 is 9.80 Å². The van der Waals surface area contributed by atoms with E-state index in [1.54, 1.807) is 0 Å². The lowest BCUT2D eigenvalue weighted by atomic mass is 10.0. The number of amidine groups is 1. The number of halogens is 1. The predicted octanol–water partition coefficient (Wildman–Crippen LogP) is 4.76. The normalized spacial score (nSPS) is 18.9. The van der Waals surface area contributed by atoms with Crippen molar-refractivity contribution in [2.75, 3.05) is 31.1 Å². The average molecular weight is 444 g/mol. The fourth-order valence-corrected chi connectivity index (χ4v) is 5.72. The molecule has 0 unspecified atom stereocenters. The van der Waals surface area contributed by atoms with Gasteiger partial charge in [0.25, 0.3) is 10.0 Å². The van der Waals surface area contributed by atoms with Crippen LogP contribution in [0.1, 0.15) is 37.8 Å². The minimum Gasteiger partial charge on any atom is -0.368 e. The third kappa shape index (κ3) is 3.98. The summed E-state index contributed by atoms with van der Waals surface area (Å²) in [6.45, 7) is 9.08. The maximum Gasteiger partial charge on any atom is 0.285 e. The summed E-state index contributed by atoms with van der Waals surface area (Å²) in [4.78, 5) is 4.66. The molecule has 0 amide bonds. The number of piperazine rings is 1. The van der Waals surface area contributed by atoms with Crippen LogP contribution >= 0.6 is 11.6 Å². The van der Waals surface area contributed by atoms with Crippen LogP contribution in [0.2, 0.25) is 5.02 Å². The van der Waals surface area contributed by atoms with Crippen LogP contribution < -0.4 is 4.90 Å². The molecule has 0 bridgehead atoms. The minimum absolute atomic E-state index is 0.324. The standard InChI is InChI=1S/C23H26ClN3O2S/c1-16(2)18-7-9-19(10-8-18)22-17(3)23(25-30(22,28)29)27-13-11-26(12-14-27)21-6-4-5-20(24)15-21/h4-10,15-16H,11-14H2,1-3H3. The van der Waals surface area contributed by atoms with Crippen LogP contribution in [0.25, 0.3) is 4.91 Å². The van der Waals surface area contributed by atoms with Crippen LogP contribution in [0.3, 0.4) is 0 Å². The van der Waals surface area contributed by atoms with Gasteiger partial charge in [0, 0.05) is 42.5 Å². The Morgan fingerprint density at radius 1 is 0.967 bits per heavy atom. The molecule has 7 heteroatoms. The third-order valence-electron chi connectivity index (χ3n) is 5.73. The molecule has 2 aromatic rings. The van der Waals surface area contributed by atoms with Crippen molar-refractivity contribution in [3.05, 3.63) is 70.3 Å². The van der Waals surface area contributed by atoms with Gasteiger partial charge in [0.05, 0.1) is 0 Å². The third-order valence-corrected chi connectivity index (χ3v) is 7.44. The van der Waals surface area contributed by atoms with E-state index < -0.39 is 10.0 Å². The summed E-state index contributed by atoms with van der Waals surface area (Å²) in [5.74, 6) is 0.973. The summed E-state index contributed by atoms with van der Waals surface area (Å²) in [7, 11) is -3.70. The lowest BCUT2D eigenvalue weighted by Gasteiger charge is -2.37. The van der Waals surface area contributed by atoms with Gasteiger partial charge in [0.1, 0.15) is 10.7 Å². The van der Waals surface area contributed by atoms with Gasteiger partial charge in [-0.2, -0.15) is 8.42 Å². The SMILES string of the molecule is CC1=C(c2ccc(C(C)C)cc2)S(=O)(=O)N=C1N1CCN(c2cccc(Cl)c2)CC1. The van der Waals surface area contributed by atoms with E-state index in [1.807, 2.05) is 55.5 Å². The summed E-state index contributed by atoms with van der Waals surface area (Å²) in [5.41, 5.74) is 3.70. The maximum atomic E-state index is 12.9. The van der Waals surface area contributed by atoms with Crippen LogP contribution in [0, 0.1) is 0 Å². The maximum absolute atomic E-state index is 12.9. The molecule has 0 atom stereocenters. The summed E-state index contributed by atoms with van der Waals surface area (Å²) in [5, 5.41) is 0.716. The Balaban J connectivity index is 1.55. The van der Waals surface area contributed by atoms with Gasteiger partial charge in [-0.15, -0.1) is 4.40 Å². The zero-order valence-corrected chi connectivity index (χ0v) is 19.0. The van der Waals surface area contributed by atoms with Crippen molar-refractivity contribution in [3.8, 4) is 0 Å². The first kappa shape index (κ1) is 20.9. The van der Waals surface area contributed by atoms with Crippen molar-refractivity contribution in [1.82, 2.24) is 4.90 Å². The Morgan fingerprint density at radius 3 is 2.20 bits per heavy atom. The molecule has 158 valence electrons. The minimum atomic E-state index is -3.70. The van der Waals surface area contributed by atoms with Crippen LogP contribution in [0.4, 0.5) is 5.69 Å². The Kier molecular flexibility index (Phi) is 5.64. The molecular formula is C23H26ClN3O2S. The molecule has 0 spiro atoms. The lowest BCUT2D eigenvalue weighted by Crippen LogP contribution is -2.48. The van der Waals surface area contributed by atoms with Crippen LogP contribution in [0.5, 0.6) is 0 Å². The first-order valence-corrected chi connectivity index (χ1v) is 12.0. The number of benzene rings is 2. The first-order valence-electron chi connectivity index (χ1n) is 10.2. The van der Waals surface area contributed by atoms with Crippen molar-refractivity contribution in [3.63, 3.8) is 0 Å². The molecule has 5 nitrogen and oxygen atoms in total. The van der Waals surface area contributed by atoms with Crippen LogP contribution in [-0.2, 0) is 10.0 Å². The van der Waals surface area contributed by atoms with Crippen molar-refractivity contribution in [2.24, 2.45) is 4.40 Å². The highest BCUT2D eigenvalue weighted by molar-refractivity contribution is 8.00. The van der Waals surface area contributed by atoms with Crippen molar-refractivity contribution in [1.29, 1.82) is 0 Å². The Hall–Kier alpha value is -2.31. The Bertz CT molecular complexity index is 1110. The topological polar surface area (TPSA) is 53.0 Å². The van der Waals surface area contributed by atoms with Crippen molar-refractivity contribution >= 4 is 38.1 Å². The number of hydrogen-bond donors (Lipinski definition) is 0. The highest BCUT2D eigenvalue weighted by Gasteiger charge is 2.34. The van der Waals surface area contributed by atoms with Gasteiger partial charge in [-0.3, -0.25) is 0 Å². The highest BCUT2D eigenvalue weighted by atomic mass is 35.5. The van der Waals surface area contributed by atoms with Gasteiger partial charge in [-0.1, -0.05) is 55.8 Å². The lowest BCUT2D eigenvalue weighted by molar-refractivity contribution is 0.387. The van der Waals surface area contributed by atoms with Gasteiger partial charge in [0.15, 0.2) is 0 Å². The molecule has 1 saturated heterocycles. The smallest absolute Gasteiger partial charge is 0.285 e. The van der Waals surface area contributed by atoms with E-state index in [4.69, 9.17) is 11.6 Å². The molecule has 0 saturated carbocycles. The number of nitrogens with zero attached hydrogens (tertiary/aromatic N) is 3. The monoisotopic (exact) mass is 443 g/mol. The molecule has 0 aromatic heterocycles. The molecule has 0 radical (unpaired) electrons. The zero-order valence-electron chi connectivity index (χ0n) is 17.5. The zero-order chi connectivity index (χ0) is 21.5. The highest BCUT2D eigenvalue weighted by Crippen LogP contribution is 2.34. The van der Waals surface area contributed by atoms with E-state index in [9.17, 15) is 8.42 Å². The number of sulfonamides is 1. The van der Waals surface area contributed by atoms with Crippen molar-refractivity contribution < 1.29 is 8.42 Å². The molecular weight excluding hydrogens is 418 g/mol. The van der Waals surface area contributed by atoms with Gasteiger partial charge in [0.2, 0.25) is 0 Å². The Labute approximate surface area is 183 Å². The number of hydrogen-bond acceptors (Lipinski definition) is 4. The number of anilines is 1. The fourth-order valence-electron chi connectivity index (χ4n) is 4.05. The Morgan fingerprint density at radius 2 is 1.60 bits per heavy atom. The fraction of sp³-hybridized carbons (Fsp3) is 0.348. The molecule has 2 aromatic carbocycles. The molecule has 0 N–H and O–H groups in total. The molecule has 1 fully saturated rings. The summed E-state index contributed by atoms with van der Waals surface area (Å²) in [6.07, 6.45) is 0. The molecule has 2 aliphatic heterocycles. The summed E-state index contributed by atoms with van der Waals surface area (Å²) >= 11 is 6.12. The summed E-state index contributed by atoms with van der Waals surface area (Å²) < 4.78 is 29.9. The quantitative estimate of drug-likeness (QED) is 0.686. The van der Waals surface area contributed by atoms with Gasteiger partial charge >= 0.3 is 0 Å².